The van der Waals surface area contributed by atoms with Crippen LogP contribution >= 0.6 is 23.4 Å². The number of esters is 1. The summed E-state index contributed by atoms with van der Waals surface area (Å²) in [6.07, 6.45) is 3.75. The SMILES string of the molecule is CCOC(=O)c1cc(N)cc(Cl)c1NCC1CCCCS1. The molecule has 0 amide bonds. The lowest BCUT2D eigenvalue weighted by Gasteiger charge is -2.23. The fraction of sp³-hybridized carbons (Fsp3) is 0.533. The Morgan fingerprint density at radius 3 is 3.00 bits per heavy atom. The van der Waals surface area contributed by atoms with Gasteiger partial charge in [-0.3, -0.25) is 0 Å². The van der Waals surface area contributed by atoms with Crippen molar-refractivity contribution in [3.8, 4) is 0 Å². The molecule has 2 rings (SSSR count). The molecule has 0 spiro atoms. The van der Waals surface area contributed by atoms with Crippen LogP contribution in [-0.2, 0) is 4.74 Å². The molecular weight excluding hydrogens is 308 g/mol. The van der Waals surface area contributed by atoms with Crippen LogP contribution in [0.3, 0.4) is 0 Å². The summed E-state index contributed by atoms with van der Waals surface area (Å²) in [5.74, 6) is 0.803. The molecular formula is C15H21ClN2O2S. The van der Waals surface area contributed by atoms with E-state index in [1.165, 1.54) is 25.0 Å². The molecule has 0 saturated carbocycles. The maximum Gasteiger partial charge on any atom is 0.340 e. The van der Waals surface area contributed by atoms with Gasteiger partial charge in [-0.05, 0) is 37.7 Å². The van der Waals surface area contributed by atoms with E-state index in [0.29, 0.717) is 33.8 Å². The van der Waals surface area contributed by atoms with E-state index in [4.69, 9.17) is 22.1 Å². The quantitative estimate of drug-likeness (QED) is 0.636. The fourth-order valence-electron chi connectivity index (χ4n) is 2.36. The van der Waals surface area contributed by atoms with Crippen LogP contribution in [0.15, 0.2) is 12.1 Å². The van der Waals surface area contributed by atoms with Gasteiger partial charge in [0.1, 0.15) is 0 Å². The Morgan fingerprint density at radius 1 is 1.52 bits per heavy atom. The van der Waals surface area contributed by atoms with Crippen molar-refractivity contribution in [2.24, 2.45) is 0 Å². The highest BCUT2D eigenvalue weighted by atomic mass is 35.5. The number of anilines is 2. The molecule has 1 aliphatic heterocycles. The third kappa shape index (κ3) is 4.45. The minimum atomic E-state index is -0.398. The number of nitrogens with one attached hydrogen (secondary N) is 1. The number of rotatable bonds is 5. The predicted octanol–water partition coefficient (Wildman–Crippen LogP) is 3.80. The van der Waals surface area contributed by atoms with Crippen molar-refractivity contribution >= 4 is 40.7 Å². The highest BCUT2D eigenvalue weighted by molar-refractivity contribution is 7.99. The van der Waals surface area contributed by atoms with Gasteiger partial charge in [0.2, 0.25) is 0 Å². The number of thioether (sulfide) groups is 1. The maximum absolute atomic E-state index is 12.0. The first-order valence-electron chi connectivity index (χ1n) is 7.23. The molecule has 1 saturated heterocycles. The van der Waals surface area contributed by atoms with E-state index < -0.39 is 5.97 Å². The third-order valence-corrected chi connectivity index (χ3v) is 5.08. The molecule has 1 atom stereocenters. The number of ether oxygens (including phenoxy) is 1. The number of hydrogen-bond donors (Lipinski definition) is 2. The van der Waals surface area contributed by atoms with Gasteiger partial charge in [-0.25, -0.2) is 4.79 Å². The van der Waals surface area contributed by atoms with Gasteiger partial charge in [0, 0.05) is 17.5 Å². The van der Waals surface area contributed by atoms with E-state index in [0.717, 1.165) is 6.54 Å². The van der Waals surface area contributed by atoms with Crippen molar-refractivity contribution < 1.29 is 9.53 Å². The van der Waals surface area contributed by atoms with Gasteiger partial charge < -0.3 is 15.8 Å². The lowest BCUT2D eigenvalue weighted by Crippen LogP contribution is -2.21. The van der Waals surface area contributed by atoms with Crippen LogP contribution in [0, 0.1) is 0 Å². The second-order valence-corrected chi connectivity index (χ2v) is 6.83. The lowest BCUT2D eigenvalue weighted by atomic mass is 10.1. The number of carbonyl (C=O) groups is 1. The molecule has 21 heavy (non-hydrogen) atoms. The number of halogens is 1. The van der Waals surface area contributed by atoms with Crippen LogP contribution in [0.2, 0.25) is 5.02 Å². The zero-order valence-corrected chi connectivity index (χ0v) is 13.7. The molecule has 1 fully saturated rings. The summed E-state index contributed by atoms with van der Waals surface area (Å²) < 4.78 is 5.07. The van der Waals surface area contributed by atoms with E-state index in [1.54, 1.807) is 19.1 Å². The predicted molar refractivity (Wildman–Crippen MR) is 90.4 cm³/mol. The largest absolute Gasteiger partial charge is 0.462 e. The molecule has 6 heteroatoms. The first kappa shape index (κ1) is 16.3. The molecule has 1 aromatic rings. The number of benzene rings is 1. The van der Waals surface area contributed by atoms with Crippen molar-refractivity contribution in [2.75, 3.05) is 30.0 Å². The van der Waals surface area contributed by atoms with Crippen LogP contribution in [-0.4, -0.2) is 30.1 Å². The summed E-state index contributed by atoms with van der Waals surface area (Å²) in [6.45, 7) is 2.89. The van der Waals surface area contributed by atoms with Crippen LogP contribution in [0.5, 0.6) is 0 Å². The zero-order valence-electron chi connectivity index (χ0n) is 12.2. The maximum atomic E-state index is 12.0. The Bertz CT molecular complexity index is 505. The molecule has 0 bridgehead atoms. The molecule has 0 aliphatic carbocycles. The minimum Gasteiger partial charge on any atom is -0.462 e. The Hall–Kier alpha value is -1.07. The van der Waals surface area contributed by atoms with Gasteiger partial charge in [-0.1, -0.05) is 18.0 Å². The van der Waals surface area contributed by atoms with Gasteiger partial charge in [0.25, 0.3) is 0 Å². The van der Waals surface area contributed by atoms with Gasteiger partial charge in [0.15, 0.2) is 0 Å². The van der Waals surface area contributed by atoms with E-state index in [9.17, 15) is 4.79 Å². The fourth-order valence-corrected chi connectivity index (χ4v) is 3.89. The summed E-state index contributed by atoms with van der Waals surface area (Å²) in [4.78, 5) is 12.0. The van der Waals surface area contributed by atoms with Gasteiger partial charge >= 0.3 is 5.97 Å². The second kappa shape index (κ2) is 7.80. The summed E-state index contributed by atoms with van der Waals surface area (Å²) in [5, 5.41) is 4.32. The smallest absolute Gasteiger partial charge is 0.340 e. The molecule has 3 N–H and O–H groups in total. The van der Waals surface area contributed by atoms with Gasteiger partial charge in [0.05, 0.1) is 22.9 Å². The normalized spacial score (nSPS) is 18.3. The van der Waals surface area contributed by atoms with Crippen molar-refractivity contribution in [3.63, 3.8) is 0 Å². The molecule has 1 aliphatic rings. The number of nitrogens with two attached hydrogens (primary N) is 1. The van der Waals surface area contributed by atoms with E-state index in [2.05, 4.69) is 5.32 Å². The third-order valence-electron chi connectivity index (χ3n) is 3.39. The number of carbonyl (C=O) groups excluding carboxylic acids is 1. The number of hydrogen-bond acceptors (Lipinski definition) is 5. The van der Waals surface area contributed by atoms with Crippen LogP contribution in [0.25, 0.3) is 0 Å². The molecule has 1 aromatic carbocycles. The van der Waals surface area contributed by atoms with Crippen molar-refractivity contribution in [2.45, 2.75) is 31.4 Å². The van der Waals surface area contributed by atoms with Crippen molar-refractivity contribution in [1.82, 2.24) is 0 Å². The molecule has 1 heterocycles. The van der Waals surface area contributed by atoms with E-state index in [-0.39, 0.29) is 0 Å². The minimum absolute atomic E-state index is 0.323. The monoisotopic (exact) mass is 328 g/mol. The van der Waals surface area contributed by atoms with Crippen LogP contribution in [0.1, 0.15) is 36.5 Å². The average Bonchev–Trinajstić information content (AvgIpc) is 2.47. The first-order valence-corrected chi connectivity index (χ1v) is 8.66. The lowest BCUT2D eigenvalue weighted by molar-refractivity contribution is 0.0527. The second-order valence-electron chi connectivity index (χ2n) is 5.02. The van der Waals surface area contributed by atoms with Crippen molar-refractivity contribution in [3.05, 3.63) is 22.7 Å². The average molecular weight is 329 g/mol. The number of nitrogen functional groups attached to an aromatic ring is 1. The van der Waals surface area contributed by atoms with Crippen LogP contribution < -0.4 is 11.1 Å². The Kier molecular flexibility index (Phi) is 6.06. The molecule has 0 aromatic heterocycles. The topological polar surface area (TPSA) is 64.3 Å². The molecule has 0 radical (unpaired) electrons. The van der Waals surface area contributed by atoms with Crippen molar-refractivity contribution in [1.29, 1.82) is 0 Å². The van der Waals surface area contributed by atoms with Gasteiger partial charge in [-0.15, -0.1) is 0 Å². The molecule has 1 unspecified atom stereocenters. The van der Waals surface area contributed by atoms with Gasteiger partial charge in [-0.2, -0.15) is 11.8 Å². The van der Waals surface area contributed by atoms with E-state index >= 15 is 0 Å². The van der Waals surface area contributed by atoms with E-state index in [1.807, 2.05) is 11.8 Å². The molecule has 116 valence electrons. The summed E-state index contributed by atoms with van der Waals surface area (Å²) >= 11 is 8.21. The van der Waals surface area contributed by atoms with Crippen LogP contribution in [0.4, 0.5) is 11.4 Å². The first-order chi connectivity index (χ1) is 10.1. The summed E-state index contributed by atoms with van der Waals surface area (Å²) in [5.41, 5.74) is 7.26. The highest BCUT2D eigenvalue weighted by Gasteiger charge is 2.19. The Labute approximate surface area is 134 Å². The highest BCUT2D eigenvalue weighted by Crippen LogP contribution is 2.31. The summed E-state index contributed by atoms with van der Waals surface area (Å²) in [7, 11) is 0. The molecule has 4 nitrogen and oxygen atoms in total. The zero-order chi connectivity index (χ0) is 15.2. The standard InChI is InChI=1S/C15H21ClN2O2S/c1-2-20-15(19)12-7-10(17)8-13(16)14(12)18-9-11-5-3-4-6-21-11/h7-8,11,18H,2-6,9,17H2,1H3. The summed E-state index contributed by atoms with van der Waals surface area (Å²) in [6, 6.07) is 3.26. The Morgan fingerprint density at radius 2 is 2.33 bits per heavy atom. The Balaban J connectivity index is 2.14.